The highest BCUT2D eigenvalue weighted by Crippen LogP contribution is 2.24. The van der Waals surface area contributed by atoms with Crippen LogP contribution in [0.15, 0.2) is 18.2 Å². The van der Waals surface area contributed by atoms with Gasteiger partial charge in [-0.2, -0.15) is 13.2 Å². The van der Waals surface area contributed by atoms with E-state index in [1.165, 1.54) is 17.0 Å². The van der Waals surface area contributed by atoms with Crippen LogP contribution in [0.3, 0.4) is 0 Å². The fourth-order valence-corrected chi connectivity index (χ4v) is 2.85. The molecule has 1 aromatic carbocycles. The molecule has 1 aromatic rings. The molecule has 1 unspecified atom stereocenters. The molecule has 1 saturated heterocycles. The SMILES string of the molecule is Cc1cc(CN2CCC(=O)C(C(=O)NCC(=O)O)C2=O)ccc1OCC(F)(F)F. The molecule has 1 aliphatic rings. The zero-order valence-corrected chi connectivity index (χ0v) is 15.4. The molecule has 11 heteroatoms. The molecule has 0 radical (unpaired) electrons. The van der Waals surface area contributed by atoms with E-state index in [-0.39, 0.29) is 25.3 Å². The van der Waals surface area contributed by atoms with Crippen LogP contribution in [0.5, 0.6) is 5.75 Å². The first-order valence-electron chi connectivity index (χ1n) is 8.58. The molecule has 1 heterocycles. The van der Waals surface area contributed by atoms with Crippen LogP contribution in [-0.2, 0) is 25.7 Å². The molecule has 158 valence electrons. The van der Waals surface area contributed by atoms with Crippen molar-refractivity contribution in [3.05, 3.63) is 29.3 Å². The molecule has 2 amide bonds. The third-order valence-electron chi connectivity index (χ3n) is 4.19. The van der Waals surface area contributed by atoms with Gasteiger partial charge < -0.3 is 20.1 Å². The number of hydrogen-bond acceptors (Lipinski definition) is 5. The van der Waals surface area contributed by atoms with Gasteiger partial charge in [0.1, 0.15) is 12.3 Å². The summed E-state index contributed by atoms with van der Waals surface area (Å²) in [6.07, 6.45) is -4.53. The summed E-state index contributed by atoms with van der Waals surface area (Å²) in [5.41, 5.74) is 1.01. The number of ketones is 1. The number of likely N-dealkylation sites (tertiary alicyclic amines) is 1. The van der Waals surface area contributed by atoms with E-state index in [2.05, 4.69) is 0 Å². The van der Waals surface area contributed by atoms with Crippen LogP contribution < -0.4 is 10.1 Å². The minimum absolute atomic E-state index is 0.0369. The van der Waals surface area contributed by atoms with Crippen molar-refractivity contribution in [2.75, 3.05) is 19.7 Å². The number of piperidine rings is 1. The molecule has 1 aliphatic heterocycles. The van der Waals surface area contributed by atoms with Gasteiger partial charge in [0.15, 0.2) is 18.3 Å². The van der Waals surface area contributed by atoms with E-state index in [0.29, 0.717) is 11.1 Å². The number of halogens is 3. The van der Waals surface area contributed by atoms with Crippen molar-refractivity contribution in [3.63, 3.8) is 0 Å². The Labute approximate surface area is 163 Å². The Morgan fingerprint density at radius 2 is 2.00 bits per heavy atom. The number of alkyl halides is 3. The highest BCUT2D eigenvalue weighted by molar-refractivity contribution is 6.19. The molecule has 2 rings (SSSR count). The molecule has 1 fully saturated rings. The first-order valence-corrected chi connectivity index (χ1v) is 8.58. The highest BCUT2D eigenvalue weighted by atomic mass is 19.4. The maximum absolute atomic E-state index is 12.5. The highest BCUT2D eigenvalue weighted by Gasteiger charge is 2.40. The van der Waals surface area contributed by atoms with Gasteiger partial charge in [0.2, 0.25) is 11.8 Å². The van der Waals surface area contributed by atoms with Crippen molar-refractivity contribution in [2.45, 2.75) is 26.1 Å². The monoisotopic (exact) mass is 416 g/mol. The number of ether oxygens (including phenoxy) is 1. The minimum atomic E-state index is -4.46. The van der Waals surface area contributed by atoms with Gasteiger partial charge >= 0.3 is 12.1 Å². The quantitative estimate of drug-likeness (QED) is 0.643. The Morgan fingerprint density at radius 1 is 1.31 bits per heavy atom. The normalized spacial score (nSPS) is 17.2. The standard InChI is InChI=1S/C18H19F3N2O6/c1-10-6-11(2-3-13(10)29-9-18(19,20)21)8-23-5-4-12(24)15(17(23)28)16(27)22-7-14(25)26/h2-3,6,15H,4-5,7-9H2,1H3,(H,22,27)(H,25,26). The number of aliphatic carboxylic acids is 1. The lowest BCUT2D eigenvalue weighted by molar-refractivity contribution is -0.154. The Kier molecular flexibility index (Phi) is 6.83. The molecule has 0 bridgehead atoms. The summed E-state index contributed by atoms with van der Waals surface area (Å²) in [6, 6.07) is 4.39. The Bertz CT molecular complexity index is 824. The van der Waals surface area contributed by atoms with Gasteiger partial charge in [-0.05, 0) is 24.1 Å². The van der Waals surface area contributed by atoms with Crippen molar-refractivity contribution in [2.24, 2.45) is 5.92 Å². The van der Waals surface area contributed by atoms with Gasteiger partial charge in [-0.25, -0.2) is 0 Å². The lowest BCUT2D eigenvalue weighted by atomic mass is 9.94. The summed E-state index contributed by atoms with van der Waals surface area (Å²) in [5.74, 6) is -5.19. The predicted octanol–water partition coefficient (Wildman–Crippen LogP) is 1.05. The maximum Gasteiger partial charge on any atom is 0.422 e. The summed E-state index contributed by atoms with van der Waals surface area (Å²) >= 11 is 0. The average Bonchev–Trinajstić information content (AvgIpc) is 2.61. The first kappa shape index (κ1) is 22.2. The molecule has 0 aromatic heterocycles. The van der Waals surface area contributed by atoms with Crippen LogP contribution in [0.25, 0.3) is 0 Å². The van der Waals surface area contributed by atoms with Crippen LogP contribution in [0, 0.1) is 12.8 Å². The van der Waals surface area contributed by atoms with Crippen LogP contribution >= 0.6 is 0 Å². The number of nitrogens with one attached hydrogen (secondary N) is 1. The molecular weight excluding hydrogens is 397 g/mol. The number of hydrogen-bond donors (Lipinski definition) is 2. The van der Waals surface area contributed by atoms with Crippen LogP contribution in [0.4, 0.5) is 13.2 Å². The van der Waals surface area contributed by atoms with E-state index in [0.717, 1.165) is 0 Å². The van der Waals surface area contributed by atoms with Crippen molar-refractivity contribution in [3.8, 4) is 5.75 Å². The Balaban J connectivity index is 2.06. The van der Waals surface area contributed by atoms with Crippen LogP contribution in [0.2, 0.25) is 0 Å². The molecule has 29 heavy (non-hydrogen) atoms. The number of carboxylic acid groups (broad SMARTS) is 1. The van der Waals surface area contributed by atoms with E-state index in [4.69, 9.17) is 9.84 Å². The van der Waals surface area contributed by atoms with Crippen LogP contribution in [0.1, 0.15) is 17.5 Å². The fourth-order valence-electron chi connectivity index (χ4n) is 2.85. The predicted molar refractivity (Wildman–Crippen MR) is 91.9 cm³/mol. The van der Waals surface area contributed by atoms with E-state index in [9.17, 15) is 32.3 Å². The molecule has 8 nitrogen and oxygen atoms in total. The average molecular weight is 416 g/mol. The van der Waals surface area contributed by atoms with Gasteiger partial charge in [-0.15, -0.1) is 0 Å². The minimum Gasteiger partial charge on any atom is -0.484 e. The summed E-state index contributed by atoms with van der Waals surface area (Å²) in [7, 11) is 0. The summed E-state index contributed by atoms with van der Waals surface area (Å²) in [5, 5.41) is 10.6. The summed E-state index contributed by atoms with van der Waals surface area (Å²) in [6.45, 7) is -0.471. The van der Waals surface area contributed by atoms with E-state index in [1.54, 1.807) is 13.0 Å². The topological polar surface area (TPSA) is 113 Å². The molecule has 0 saturated carbocycles. The lowest BCUT2D eigenvalue weighted by Gasteiger charge is -2.31. The smallest absolute Gasteiger partial charge is 0.422 e. The number of carboxylic acids is 1. The number of benzene rings is 1. The molecule has 1 atom stereocenters. The van der Waals surface area contributed by atoms with Gasteiger partial charge in [-0.3, -0.25) is 19.2 Å². The number of aryl methyl sites for hydroxylation is 1. The van der Waals surface area contributed by atoms with E-state index in [1.807, 2.05) is 5.32 Å². The second kappa shape index (κ2) is 8.93. The number of amides is 2. The zero-order chi connectivity index (χ0) is 21.8. The lowest BCUT2D eigenvalue weighted by Crippen LogP contribution is -2.52. The van der Waals surface area contributed by atoms with Crippen molar-refractivity contribution in [1.29, 1.82) is 0 Å². The molecule has 0 aliphatic carbocycles. The van der Waals surface area contributed by atoms with Gasteiger partial charge in [0.05, 0.1) is 0 Å². The third kappa shape index (κ3) is 6.19. The largest absolute Gasteiger partial charge is 0.484 e. The number of nitrogens with zero attached hydrogens (tertiary/aromatic N) is 1. The van der Waals surface area contributed by atoms with Gasteiger partial charge in [-0.1, -0.05) is 12.1 Å². The van der Waals surface area contributed by atoms with Crippen molar-refractivity contribution in [1.82, 2.24) is 10.2 Å². The maximum atomic E-state index is 12.5. The number of carbonyl (C=O) groups is 4. The zero-order valence-electron chi connectivity index (χ0n) is 15.4. The van der Waals surface area contributed by atoms with Gasteiger partial charge in [0, 0.05) is 19.5 Å². The van der Waals surface area contributed by atoms with Gasteiger partial charge in [0.25, 0.3) is 0 Å². The Hall–Kier alpha value is -3.11. The molecular formula is C18H19F3N2O6. The first-order chi connectivity index (χ1) is 13.5. The number of Topliss-reactive ketones (excluding diaryl/α,β-unsaturated/α-hetero) is 1. The molecule has 2 N–H and O–H groups in total. The summed E-state index contributed by atoms with van der Waals surface area (Å²) < 4.78 is 41.6. The van der Waals surface area contributed by atoms with Crippen molar-refractivity contribution < 1.29 is 42.2 Å². The number of rotatable bonds is 7. The molecule has 0 spiro atoms. The summed E-state index contributed by atoms with van der Waals surface area (Å²) in [4.78, 5) is 48.4. The fraction of sp³-hybridized carbons (Fsp3) is 0.444. The number of carbonyl (C=O) groups excluding carboxylic acids is 3. The van der Waals surface area contributed by atoms with Crippen LogP contribution in [-0.4, -0.2) is 59.4 Å². The Morgan fingerprint density at radius 3 is 2.59 bits per heavy atom. The second-order valence-corrected chi connectivity index (χ2v) is 6.52. The van der Waals surface area contributed by atoms with E-state index < -0.39 is 48.8 Å². The van der Waals surface area contributed by atoms with E-state index >= 15 is 0 Å². The van der Waals surface area contributed by atoms with Crippen molar-refractivity contribution >= 4 is 23.6 Å². The third-order valence-corrected chi connectivity index (χ3v) is 4.19. The second-order valence-electron chi connectivity index (χ2n) is 6.52.